The molecule has 1 aromatic heterocycles. The van der Waals surface area contributed by atoms with Gasteiger partial charge >= 0.3 is 0 Å². The van der Waals surface area contributed by atoms with E-state index in [1.807, 2.05) is 12.1 Å². The van der Waals surface area contributed by atoms with Crippen LogP contribution in [0.4, 0.5) is 5.69 Å². The lowest BCUT2D eigenvalue weighted by Gasteiger charge is -2.34. The van der Waals surface area contributed by atoms with Crippen molar-refractivity contribution in [3.63, 3.8) is 0 Å². The van der Waals surface area contributed by atoms with E-state index < -0.39 is 0 Å². The van der Waals surface area contributed by atoms with E-state index >= 15 is 0 Å². The fourth-order valence-electron chi connectivity index (χ4n) is 2.86. The maximum Gasteiger partial charge on any atom is 0.246 e. The van der Waals surface area contributed by atoms with Crippen LogP contribution in [0.3, 0.4) is 0 Å². The van der Waals surface area contributed by atoms with Crippen molar-refractivity contribution >= 4 is 5.69 Å². The lowest BCUT2D eigenvalue weighted by atomic mass is 9.93. The largest absolute Gasteiger partial charge is 0.396 e. The molecule has 0 saturated heterocycles. The van der Waals surface area contributed by atoms with E-state index in [-0.39, 0.29) is 12.5 Å². The lowest BCUT2D eigenvalue weighted by molar-refractivity contribution is 0.199. The molecule has 1 aromatic carbocycles. The zero-order valence-electron chi connectivity index (χ0n) is 12.7. The molecule has 0 radical (unpaired) electrons. The molecule has 1 unspecified atom stereocenters. The second-order valence-electron chi connectivity index (χ2n) is 5.61. The Hall–Kier alpha value is -1.92. The first-order valence-corrected chi connectivity index (χ1v) is 7.54. The Morgan fingerprint density at radius 2 is 2.27 bits per heavy atom. The zero-order valence-corrected chi connectivity index (χ0v) is 12.7. The van der Waals surface area contributed by atoms with Crippen LogP contribution in [0.25, 0.3) is 0 Å². The van der Waals surface area contributed by atoms with Crippen molar-refractivity contribution in [2.24, 2.45) is 5.92 Å². The monoisotopic (exact) mass is 303 g/mol. The summed E-state index contributed by atoms with van der Waals surface area (Å²) in [7, 11) is 1.65. The summed E-state index contributed by atoms with van der Waals surface area (Å²) in [5.74, 6) is 1.51. The van der Waals surface area contributed by atoms with Gasteiger partial charge in [0.2, 0.25) is 5.89 Å². The van der Waals surface area contributed by atoms with Crippen LogP contribution in [0.1, 0.15) is 17.3 Å². The maximum atomic E-state index is 9.51. The number of nitrogens with zero attached hydrogens (tertiary/aromatic N) is 3. The van der Waals surface area contributed by atoms with Crippen molar-refractivity contribution in [3.8, 4) is 0 Å². The summed E-state index contributed by atoms with van der Waals surface area (Å²) in [6.45, 7) is 2.13. The molecule has 2 heterocycles. The van der Waals surface area contributed by atoms with E-state index in [2.05, 4.69) is 27.2 Å². The van der Waals surface area contributed by atoms with Crippen molar-refractivity contribution in [2.45, 2.75) is 19.4 Å². The number of benzene rings is 1. The Labute approximate surface area is 129 Å². The highest BCUT2D eigenvalue weighted by Crippen LogP contribution is 2.30. The van der Waals surface area contributed by atoms with Gasteiger partial charge in [0.25, 0.3) is 0 Å². The SMILES string of the molecule is COCCc1noc(CN2CC(CO)Cc3ccccc32)n1. The predicted octanol–water partition coefficient (Wildman–Crippen LogP) is 1.43. The van der Waals surface area contributed by atoms with Gasteiger partial charge in [-0.3, -0.25) is 0 Å². The molecule has 0 fully saturated rings. The topological polar surface area (TPSA) is 71.6 Å². The van der Waals surface area contributed by atoms with Gasteiger partial charge in [-0.05, 0) is 18.1 Å². The summed E-state index contributed by atoms with van der Waals surface area (Å²) in [4.78, 5) is 6.61. The zero-order chi connectivity index (χ0) is 15.4. The summed E-state index contributed by atoms with van der Waals surface area (Å²) >= 11 is 0. The Balaban J connectivity index is 1.75. The van der Waals surface area contributed by atoms with Gasteiger partial charge in [-0.1, -0.05) is 23.4 Å². The number of aromatic nitrogens is 2. The highest BCUT2D eigenvalue weighted by molar-refractivity contribution is 5.55. The van der Waals surface area contributed by atoms with Gasteiger partial charge < -0.3 is 19.3 Å². The van der Waals surface area contributed by atoms with Crippen molar-refractivity contribution < 1.29 is 14.4 Å². The number of methoxy groups -OCH3 is 1. The first-order valence-electron chi connectivity index (χ1n) is 7.54. The number of hydrogen-bond acceptors (Lipinski definition) is 6. The Morgan fingerprint density at radius 3 is 3.09 bits per heavy atom. The molecular weight excluding hydrogens is 282 g/mol. The molecular formula is C16H21N3O3. The third-order valence-corrected chi connectivity index (χ3v) is 3.94. The summed E-state index contributed by atoms with van der Waals surface area (Å²) in [6, 6.07) is 8.28. The normalized spacial score (nSPS) is 17.5. The van der Waals surface area contributed by atoms with Crippen LogP contribution in [0.2, 0.25) is 0 Å². The van der Waals surface area contributed by atoms with E-state index in [1.54, 1.807) is 7.11 Å². The van der Waals surface area contributed by atoms with Gasteiger partial charge in [0.05, 0.1) is 13.2 Å². The number of fused-ring (bicyclic) bond motifs is 1. The number of anilines is 1. The minimum Gasteiger partial charge on any atom is -0.396 e. The van der Waals surface area contributed by atoms with Crippen LogP contribution < -0.4 is 4.90 Å². The third-order valence-electron chi connectivity index (χ3n) is 3.94. The third kappa shape index (κ3) is 3.28. The van der Waals surface area contributed by atoms with Crippen molar-refractivity contribution in [2.75, 3.05) is 31.8 Å². The number of aliphatic hydroxyl groups excluding tert-OH is 1. The Bertz CT molecular complexity index is 614. The minimum atomic E-state index is 0.188. The minimum absolute atomic E-state index is 0.188. The van der Waals surface area contributed by atoms with E-state index in [1.165, 1.54) is 11.3 Å². The van der Waals surface area contributed by atoms with Crippen LogP contribution in [-0.4, -0.2) is 42.1 Å². The molecule has 0 aliphatic carbocycles. The summed E-state index contributed by atoms with van der Waals surface area (Å²) in [5, 5.41) is 13.5. The van der Waals surface area contributed by atoms with Crippen LogP contribution in [0.15, 0.2) is 28.8 Å². The summed E-state index contributed by atoms with van der Waals surface area (Å²) in [6.07, 6.45) is 1.56. The van der Waals surface area contributed by atoms with Gasteiger partial charge in [0.15, 0.2) is 5.82 Å². The average molecular weight is 303 g/mol. The van der Waals surface area contributed by atoms with Crippen LogP contribution in [0, 0.1) is 5.92 Å². The maximum absolute atomic E-state index is 9.51. The molecule has 1 N–H and O–H groups in total. The number of rotatable bonds is 6. The summed E-state index contributed by atoms with van der Waals surface area (Å²) in [5.41, 5.74) is 2.44. The molecule has 1 aliphatic rings. The van der Waals surface area contributed by atoms with Crippen LogP contribution in [0.5, 0.6) is 0 Å². The smallest absolute Gasteiger partial charge is 0.246 e. The molecule has 0 spiro atoms. The molecule has 1 aliphatic heterocycles. The Morgan fingerprint density at radius 1 is 1.41 bits per heavy atom. The van der Waals surface area contributed by atoms with Gasteiger partial charge in [0, 0.05) is 38.3 Å². The molecule has 3 rings (SSSR count). The highest BCUT2D eigenvalue weighted by atomic mass is 16.5. The fourth-order valence-corrected chi connectivity index (χ4v) is 2.86. The molecule has 2 aromatic rings. The van der Waals surface area contributed by atoms with Gasteiger partial charge in [-0.15, -0.1) is 0 Å². The standard InChI is InChI=1S/C16H21N3O3/c1-21-7-6-15-17-16(22-18-15)10-19-9-12(11-20)8-13-4-2-3-5-14(13)19/h2-5,12,20H,6-11H2,1H3. The number of para-hydroxylation sites is 1. The van der Waals surface area contributed by atoms with E-state index in [9.17, 15) is 5.11 Å². The van der Waals surface area contributed by atoms with E-state index in [0.717, 1.165) is 13.0 Å². The quantitative estimate of drug-likeness (QED) is 0.870. The first-order chi connectivity index (χ1) is 10.8. The summed E-state index contributed by atoms with van der Waals surface area (Å²) < 4.78 is 10.3. The molecule has 0 saturated carbocycles. The molecule has 118 valence electrons. The first kappa shape index (κ1) is 15.0. The van der Waals surface area contributed by atoms with Crippen molar-refractivity contribution in [3.05, 3.63) is 41.5 Å². The van der Waals surface area contributed by atoms with Gasteiger partial charge in [-0.25, -0.2) is 0 Å². The van der Waals surface area contributed by atoms with Crippen molar-refractivity contribution in [1.29, 1.82) is 0 Å². The second kappa shape index (κ2) is 6.89. The molecule has 1 atom stereocenters. The highest BCUT2D eigenvalue weighted by Gasteiger charge is 2.25. The molecule has 22 heavy (non-hydrogen) atoms. The predicted molar refractivity (Wildman–Crippen MR) is 81.6 cm³/mol. The van der Waals surface area contributed by atoms with E-state index in [4.69, 9.17) is 9.26 Å². The average Bonchev–Trinajstić information content (AvgIpc) is 3.00. The number of aliphatic hydroxyl groups is 1. The fraction of sp³-hybridized carbons (Fsp3) is 0.500. The van der Waals surface area contributed by atoms with Crippen molar-refractivity contribution in [1.82, 2.24) is 10.1 Å². The van der Waals surface area contributed by atoms with E-state index in [0.29, 0.717) is 31.3 Å². The van der Waals surface area contributed by atoms with Crippen LogP contribution in [-0.2, 0) is 24.1 Å². The molecule has 6 nitrogen and oxygen atoms in total. The molecule has 0 amide bonds. The van der Waals surface area contributed by atoms with Gasteiger partial charge in [-0.2, -0.15) is 4.98 Å². The number of ether oxygens (including phenoxy) is 1. The lowest BCUT2D eigenvalue weighted by Crippen LogP contribution is -2.36. The second-order valence-corrected chi connectivity index (χ2v) is 5.61. The molecule has 6 heteroatoms. The van der Waals surface area contributed by atoms with Crippen LogP contribution >= 0.6 is 0 Å². The van der Waals surface area contributed by atoms with Gasteiger partial charge in [0.1, 0.15) is 0 Å². The molecule has 0 bridgehead atoms. The Kier molecular flexibility index (Phi) is 4.70. The number of hydrogen-bond donors (Lipinski definition) is 1.